The number of carbonyl (C=O) groups is 2. The average Bonchev–Trinajstić information content (AvgIpc) is 3.15. The van der Waals surface area contributed by atoms with E-state index in [0.29, 0.717) is 30.0 Å². The van der Waals surface area contributed by atoms with Crippen LogP contribution < -0.4 is 4.74 Å². The van der Waals surface area contributed by atoms with Crippen LogP contribution in [0.4, 0.5) is 0 Å². The lowest BCUT2D eigenvalue weighted by atomic mass is 10.1. The second-order valence-electron chi connectivity index (χ2n) is 5.22. The zero-order valence-electron chi connectivity index (χ0n) is 12.5. The van der Waals surface area contributed by atoms with Crippen LogP contribution in [-0.2, 0) is 16.1 Å². The maximum absolute atomic E-state index is 12.6. The lowest BCUT2D eigenvalue weighted by Crippen LogP contribution is -2.11. The van der Waals surface area contributed by atoms with Crippen LogP contribution in [0.2, 0.25) is 0 Å². The Morgan fingerprint density at radius 1 is 1.09 bits per heavy atom. The minimum absolute atomic E-state index is 0.0561. The molecule has 0 amide bonds. The van der Waals surface area contributed by atoms with Crippen LogP contribution >= 0.6 is 0 Å². The van der Waals surface area contributed by atoms with E-state index in [0.717, 1.165) is 5.69 Å². The molecule has 1 unspecified atom stereocenters. The van der Waals surface area contributed by atoms with Crippen LogP contribution in [0.25, 0.3) is 0 Å². The molecule has 3 rings (SSSR count). The van der Waals surface area contributed by atoms with Crippen molar-refractivity contribution in [2.24, 2.45) is 0 Å². The van der Waals surface area contributed by atoms with Crippen molar-refractivity contribution in [1.82, 2.24) is 4.57 Å². The lowest BCUT2D eigenvalue weighted by molar-refractivity contribution is -0.142. The molecule has 0 saturated carbocycles. The molecule has 0 saturated heterocycles. The number of esters is 1. The number of carbonyl (C=O) groups excluding carboxylic acids is 2. The molecule has 1 atom stereocenters. The SMILES string of the molecule is COC(=O)C1CCn2c(C(=O)c3ccc(OC)cc3)ccc21. The van der Waals surface area contributed by atoms with E-state index in [-0.39, 0.29) is 17.7 Å². The molecule has 1 aliphatic rings. The first-order valence-electron chi connectivity index (χ1n) is 7.11. The fourth-order valence-electron chi connectivity index (χ4n) is 2.91. The van der Waals surface area contributed by atoms with Crippen LogP contribution in [0.1, 0.15) is 34.1 Å². The van der Waals surface area contributed by atoms with Gasteiger partial charge in [0.05, 0.1) is 25.8 Å². The van der Waals surface area contributed by atoms with Crippen molar-refractivity contribution >= 4 is 11.8 Å². The number of hydrogen-bond donors (Lipinski definition) is 0. The van der Waals surface area contributed by atoms with Crippen molar-refractivity contribution in [3.05, 3.63) is 53.3 Å². The van der Waals surface area contributed by atoms with Gasteiger partial charge in [-0.2, -0.15) is 0 Å². The number of benzene rings is 1. The van der Waals surface area contributed by atoms with Crippen LogP contribution in [0.5, 0.6) is 5.75 Å². The molecular weight excluding hydrogens is 282 g/mol. The first kappa shape index (κ1) is 14.4. The summed E-state index contributed by atoms with van der Waals surface area (Å²) in [5.41, 5.74) is 2.05. The van der Waals surface area contributed by atoms with Crippen molar-refractivity contribution in [2.75, 3.05) is 14.2 Å². The Balaban J connectivity index is 1.90. The molecule has 0 radical (unpaired) electrons. The predicted molar refractivity (Wildman–Crippen MR) is 80.2 cm³/mol. The number of nitrogens with zero attached hydrogens (tertiary/aromatic N) is 1. The normalized spacial score (nSPS) is 16.2. The number of fused-ring (bicyclic) bond motifs is 1. The smallest absolute Gasteiger partial charge is 0.314 e. The van der Waals surface area contributed by atoms with E-state index in [1.165, 1.54) is 7.11 Å². The highest BCUT2D eigenvalue weighted by atomic mass is 16.5. The summed E-state index contributed by atoms with van der Waals surface area (Å²) in [7, 11) is 2.97. The molecule has 5 heteroatoms. The molecule has 5 nitrogen and oxygen atoms in total. The molecule has 2 heterocycles. The molecule has 0 bridgehead atoms. The quantitative estimate of drug-likeness (QED) is 0.642. The summed E-state index contributed by atoms with van der Waals surface area (Å²) >= 11 is 0. The second kappa shape index (κ2) is 5.67. The molecule has 0 spiro atoms. The molecule has 0 aliphatic carbocycles. The monoisotopic (exact) mass is 299 g/mol. The summed E-state index contributed by atoms with van der Waals surface area (Å²) in [6.45, 7) is 0.652. The number of ketones is 1. The summed E-state index contributed by atoms with van der Waals surface area (Å²) in [6, 6.07) is 10.6. The van der Waals surface area contributed by atoms with E-state index >= 15 is 0 Å². The van der Waals surface area contributed by atoms with Crippen molar-refractivity contribution in [2.45, 2.75) is 18.9 Å². The minimum Gasteiger partial charge on any atom is -0.497 e. The Morgan fingerprint density at radius 2 is 1.82 bits per heavy atom. The van der Waals surface area contributed by atoms with Gasteiger partial charge in [0.15, 0.2) is 0 Å². The number of rotatable bonds is 4. The first-order chi connectivity index (χ1) is 10.7. The molecule has 22 heavy (non-hydrogen) atoms. The number of methoxy groups -OCH3 is 2. The van der Waals surface area contributed by atoms with Crippen LogP contribution in [0, 0.1) is 0 Å². The van der Waals surface area contributed by atoms with Gasteiger partial charge in [0.25, 0.3) is 0 Å². The maximum atomic E-state index is 12.6. The highest BCUT2D eigenvalue weighted by molar-refractivity contribution is 6.08. The van der Waals surface area contributed by atoms with Crippen LogP contribution in [0.3, 0.4) is 0 Å². The first-order valence-corrected chi connectivity index (χ1v) is 7.11. The Labute approximate surface area is 128 Å². The zero-order chi connectivity index (χ0) is 15.7. The Bertz CT molecular complexity index is 715. The molecule has 1 aromatic heterocycles. The molecule has 1 aliphatic heterocycles. The van der Waals surface area contributed by atoms with Gasteiger partial charge in [-0.05, 0) is 42.8 Å². The third-order valence-corrected chi connectivity index (χ3v) is 4.08. The third-order valence-electron chi connectivity index (χ3n) is 4.08. The van der Waals surface area contributed by atoms with Gasteiger partial charge in [-0.3, -0.25) is 9.59 Å². The van der Waals surface area contributed by atoms with E-state index in [4.69, 9.17) is 9.47 Å². The molecular formula is C17H17NO4. The Morgan fingerprint density at radius 3 is 2.45 bits per heavy atom. The third kappa shape index (κ3) is 2.28. The summed E-state index contributed by atoms with van der Waals surface area (Å²) < 4.78 is 11.8. The number of hydrogen-bond acceptors (Lipinski definition) is 4. The molecule has 1 aromatic carbocycles. The fraction of sp³-hybridized carbons (Fsp3) is 0.294. The Hall–Kier alpha value is -2.56. The van der Waals surface area contributed by atoms with Gasteiger partial charge in [0.1, 0.15) is 5.75 Å². The van der Waals surface area contributed by atoms with E-state index < -0.39 is 0 Å². The number of aromatic nitrogens is 1. The summed E-state index contributed by atoms with van der Waals surface area (Å²) in [6.07, 6.45) is 0.672. The second-order valence-corrected chi connectivity index (χ2v) is 5.22. The summed E-state index contributed by atoms with van der Waals surface area (Å²) in [5.74, 6) is 0.129. The topological polar surface area (TPSA) is 57.5 Å². The van der Waals surface area contributed by atoms with Crippen molar-refractivity contribution in [1.29, 1.82) is 0 Å². The van der Waals surface area contributed by atoms with Crippen molar-refractivity contribution in [3.8, 4) is 5.75 Å². The Kier molecular flexibility index (Phi) is 3.71. The minimum atomic E-state index is -0.276. The number of ether oxygens (including phenoxy) is 2. The lowest BCUT2D eigenvalue weighted by Gasteiger charge is -2.07. The van der Waals surface area contributed by atoms with Crippen molar-refractivity contribution < 1.29 is 19.1 Å². The summed E-state index contributed by atoms with van der Waals surface area (Å²) in [4.78, 5) is 24.4. The van der Waals surface area contributed by atoms with Crippen LogP contribution in [0.15, 0.2) is 36.4 Å². The zero-order valence-corrected chi connectivity index (χ0v) is 12.5. The van der Waals surface area contributed by atoms with Crippen molar-refractivity contribution in [3.63, 3.8) is 0 Å². The van der Waals surface area contributed by atoms with Gasteiger partial charge in [-0.1, -0.05) is 0 Å². The highest BCUT2D eigenvalue weighted by Gasteiger charge is 2.32. The molecule has 114 valence electrons. The average molecular weight is 299 g/mol. The summed E-state index contributed by atoms with van der Waals surface area (Å²) in [5, 5.41) is 0. The highest BCUT2D eigenvalue weighted by Crippen LogP contribution is 2.32. The van der Waals surface area contributed by atoms with Gasteiger partial charge in [-0.25, -0.2) is 0 Å². The van der Waals surface area contributed by atoms with Gasteiger partial charge in [-0.15, -0.1) is 0 Å². The van der Waals surface area contributed by atoms with Gasteiger partial charge in [0.2, 0.25) is 5.78 Å². The molecule has 0 N–H and O–H groups in total. The van der Waals surface area contributed by atoms with Gasteiger partial charge in [0, 0.05) is 17.8 Å². The van der Waals surface area contributed by atoms with E-state index in [2.05, 4.69) is 0 Å². The van der Waals surface area contributed by atoms with E-state index in [1.807, 2.05) is 10.6 Å². The van der Waals surface area contributed by atoms with Crippen LogP contribution in [-0.4, -0.2) is 30.5 Å². The molecule has 0 fully saturated rings. The fourth-order valence-corrected chi connectivity index (χ4v) is 2.91. The van der Waals surface area contributed by atoms with Gasteiger partial charge >= 0.3 is 5.97 Å². The molecule has 2 aromatic rings. The van der Waals surface area contributed by atoms with E-state index in [1.54, 1.807) is 37.4 Å². The standard InChI is InChI=1S/C17H17NO4/c1-21-12-5-3-11(4-6-12)16(19)15-8-7-14-13(17(20)22-2)9-10-18(14)15/h3-8,13H,9-10H2,1-2H3. The largest absolute Gasteiger partial charge is 0.497 e. The maximum Gasteiger partial charge on any atom is 0.314 e. The van der Waals surface area contributed by atoms with E-state index in [9.17, 15) is 9.59 Å². The van der Waals surface area contributed by atoms with Gasteiger partial charge < -0.3 is 14.0 Å². The predicted octanol–water partition coefficient (Wildman–Crippen LogP) is 2.39.